The van der Waals surface area contributed by atoms with Crippen LogP contribution < -0.4 is 9.04 Å². The second kappa shape index (κ2) is 13.5. The smallest absolute Gasteiger partial charge is 0.430 e. The van der Waals surface area contributed by atoms with Gasteiger partial charge in [0.1, 0.15) is 40.1 Å². The highest BCUT2D eigenvalue weighted by Crippen LogP contribution is 2.35. The summed E-state index contributed by atoms with van der Waals surface area (Å²) in [6.07, 6.45) is 0.479. The number of ether oxygens (including phenoxy) is 3. The summed E-state index contributed by atoms with van der Waals surface area (Å²) in [6, 6.07) is 6.56. The van der Waals surface area contributed by atoms with E-state index in [1.807, 2.05) is 6.08 Å². The number of rotatable bonds is 7. The van der Waals surface area contributed by atoms with E-state index in [2.05, 4.69) is 4.98 Å². The minimum atomic E-state index is -4.91. The van der Waals surface area contributed by atoms with Crippen LogP contribution in [0.4, 0.5) is 24.2 Å². The van der Waals surface area contributed by atoms with Crippen molar-refractivity contribution in [3.05, 3.63) is 75.6 Å². The zero-order valence-electron chi connectivity index (χ0n) is 26.0. The van der Waals surface area contributed by atoms with Crippen molar-refractivity contribution in [2.24, 2.45) is 0 Å². The third-order valence-corrected chi connectivity index (χ3v) is 8.92. The fourth-order valence-electron chi connectivity index (χ4n) is 4.50. The third kappa shape index (κ3) is 8.34. The van der Waals surface area contributed by atoms with Gasteiger partial charge in [0.25, 0.3) is 10.0 Å². The first-order valence-corrected chi connectivity index (χ1v) is 16.9. The van der Waals surface area contributed by atoms with E-state index in [0.29, 0.717) is 17.6 Å². The van der Waals surface area contributed by atoms with Crippen LogP contribution in [0.15, 0.2) is 58.3 Å². The van der Waals surface area contributed by atoms with E-state index in [4.69, 9.17) is 25.8 Å². The molecule has 1 atom stereocenters. The van der Waals surface area contributed by atoms with Crippen molar-refractivity contribution in [3.63, 3.8) is 0 Å². The van der Waals surface area contributed by atoms with Crippen LogP contribution in [0, 0.1) is 11.6 Å². The van der Waals surface area contributed by atoms with Gasteiger partial charge in [-0.3, -0.25) is 4.90 Å². The normalized spacial score (nSPS) is 15.6. The number of carbonyl (C=O) groups excluding carboxylic acids is 2. The third-order valence-electron chi connectivity index (χ3n) is 6.36. The van der Waals surface area contributed by atoms with Crippen LogP contribution >= 0.6 is 22.9 Å². The van der Waals surface area contributed by atoms with Gasteiger partial charge in [0.2, 0.25) is 0 Å². The highest BCUT2D eigenvalue weighted by Gasteiger charge is 2.39. The Morgan fingerprint density at radius 3 is 2.30 bits per heavy atom. The maximum Gasteiger partial charge on any atom is 0.430 e. The number of halogens is 3. The molecule has 10 nitrogen and oxygen atoms in total. The van der Waals surface area contributed by atoms with Gasteiger partial charge < -0.3 is 14.2 Å². The summed E-state index contributed by atoms with van der Waals surface area (Å²) in [5, 5.41) is 1.01. The predicted molar refractivity (Wildman–Crippen MR) is 171 cm³/mol. The van der Waals surface area contributed by atoms with E-state index < -0.39 is 56.0 Å². The summed E-state index contributed by atoms with van der Waals surface area (Å²) in [5.41, 5.74) is 0.722. The summed E-state index contributed by atoms with van der Waals surface area (Å²) in [7, 11) is -4.91. The van der Waals surface area contributed by atoms with Crippen LogP contribution in [0.3, 0.4) is 0 Å². The lowest BCUT2D eigenvalue weighted by atomic mass is 9.93. The number of aromatic nitrogens is 1. The first-order chi connectivity index (χ1) is 21.4. The SMILES string of the molecule is CC(C)(C)OC(=O)N1CCC=C(c2ccc(F)cc2)[C@H]1COc1cc(F)c(S(=O)(=O)N(C(=O)OC(C)(C)C)c2cscn2)cc1Cl. The van der Waals surface area contributed by atoms with Crippen molar-refractivity contribution >= 4 is 56.5 Å². The Bertz CT molecular complexity index is 1720. The molecule has 3 aromatic rings. The first-order valence-electron chi connectivity index (χ1n) is 14.1. The summed E-state index contributed by atoms with van der Waals surface area (Å²) in [6.45, 7) is 9.88. The minimum Gasteiger partial charge on any atom is -0.489 e. The summed E-state index contributed by atoms with van der Waals surface area (Å²) >= 11 is 7.46. The molecule has 2 amide bonds. The number of hydrogen-bond donors (Lipinski definition) is 0. The average molecular weight is 698 g/mol. The number of nitrogens with zero attached hydrogens (tertiary/aromatic N) is 3. The second-order valence-electron chi connectivity index (χ2n) is 12.3. The quantitative estimate of drug-likeness (QED) is 0.247. The van der Waals surface area contributed by atoms with Gasteiger partial charge in [0.05, 0.1) is 16.6 Å². The largest absolute Gasteiger partial charge is 0.489 e. The molecule has 1 aromatic heterocycles. The second-order valence-corrected chi connectivity index (χ2v) is 15.1. The monoisotopic (exact) mass is 697 g/mol. The van der Waals surface area contributed by atoms with Crippen LogP contribution in [0.5, 0.6) is 5.75 Å². The number of sulfonamides is 1. The molecule has 0 fully saturated rings. The Morgan fingerprint density at radius 1 is 1.07 bits per heavy atom. The fourth-order valence-corrected chi connectivity index (χ4v) is 6.72. The lowest BCUT2D eigenvalue weighted by Gasteiger charge is -2.37. The number of amides is 2. The highest BCUT2D eigenvalue weighted by molar-refractivity contribution is 7.93. The maximum atomic E-state index is 15.6. The summed E-state index contributed by atoms with van der Waals surface area (Å²) < 4.78 is 73.7. The van der Waals surface area contributed by atoms with Gasteiger partial charge in [-0.25, -0.2) is 31.8 Å². The predicted octanol–water partition coefficient (Wildman–Crippen LogP) is 7.68. The van der Waals surface area contributed by atoms with Gasteiger partial charge in [0.15, 0.2) is 5.82 Å². The fraction of sp³-hybridized carbons (Fsp3) is 0.387. The van der Waals surface area contributed by atoms with Gasteiger partial charge in [0, 0.05) is 18.0 Å². The molecular formula is C31H34ClF2N3O7S2. The number of benzene rings is 2. The molecule has 0 saturated heterocycles. The topological polar surface area (TPSA) is 115 Å². The summed E-state index contributed by atoms with van der Waals surface area (Å²) in [4.78, 5) is 30.7. The highest BCUT2D eigenvalue weighted by atomic mass is 35.5. The molecule has 15 heteroatoms. The molecule has 0 radical (unpaired) electrons. The lowest BCUT2D eigenvalue weighted by Crippen LogP contribution is -2.48. The van der Waals surface area contributed by atoms with Crippen molar-refractivity contribution < 1.29 is 41.0 Å². The van der Waals surface area contributed by atoms with E-state index in [9.17, 15) is 22.4 Å². The van der Waals surface area contributed by atoms with Crippen molar-refractivity contribution in [1.82, 2.24) is 9.88 Å². The number of hydrogen-bond acceptors (Lipinski definition) is 9. The van der Waals surface area contributed by atoms with Gasteiger partial charge >= 0.3 is 12.2 Å². The molecule has 0 bridgehead atoms. The molecule has 1 aliphatic rings. The van der Waals surface area contributed by atoms with Crippen LogP contribution in [0.25, 0.3) is 5.57 Å². The zero-order chi connectivity index (χ0) is 34.0. The molecule has 2 heterocycles. The Hall–Kier alpha value is -3.75. The molecule has 0 aliphatic carbocycles. The van der Waals surface area contributed by atoms with Crippen molar-refractivity contribution in [2.45, 2.75) is 70.1 Å². The molecule has 248 valence electrons. The molecule has 0 unspecified atom stereocenters. The zero-order valence-corrected chi connectivity index (χ0v) is 28.4. The Labute approximate surface area is 275 Å². The van der Waals surface area contributed by atoms with Crippen molar-refractivity contribution in [2.75, 3.05) is 17.5 Å². The van der Waals surface area contributed by atoms with E-state index in [1.165, 1.54) is 27.9 Å². The molecule has 4 rings (SSSR count). The van der Waals surface area contributed by atoms with Crippen molar-refractivity contribution in [1.29, 1.82) is 0 Å². The Balaban J connectivity index is 1.67. The van der Waals surface area contributed by atoms with Crippen LogP contribution in [-0.4, -0.2) is 60.9 Å². The average Bonchev–Trinajstić information content (AvgIpc) is 3.45. The lowest BCUT2D eigenvalue weighted by molar-refractivity contribution is 0.0162. The van der Waals surface area contributed by atoms with Gasteiger partial charge in [-0.2, -0.15) is 0 Å². The molecule has 0 N–H and O–H groups in total. The Morgan fingerprint density at radius 2 is 1.72 bits per heavy atom. The molecule has 46 heavy (non-hydrogen) atoms. The van der Waals surface area contributed by atoms with E-state index in [0.717, 1.165) is 23.5 Å². The molecule has 2 aromatic carbocycles. The summed E-state index contributed by atoms with van der Waals surface area (Å²) in [5.74, 6) is -2.20. The van der Waals surface area contributed by atoms with Crippen LogP contribution in [0.2, 0.25) is 5.02 Å². The number of anilines is 1. The number of carbonyl (C=O) groups is 2. The van der Waals surface area contributed by atoms with Crippen molar-refractivity contribution in [3.8, 4) is 5.75 Å². The minimum absolute atomic E-state index is 0.219. The van der Waals surface area contributed by atoms with Gasteiger partial charge in [-0.05, 0) is 77.3 Å². The van der Waals surface area contributed by atoms with E-state index in [1.54, 1.807) is 53.7 Å². The molecule has 0 spiro atoms. The first kappa shape index (κ1) is 35.1. The van der Waals surface area contributed by atoms with Crippen LogP contribution in [0.1, 0.15) is 53.5 Å². The van der Waals surface area contributed by atoms with Crippen LogP contribution in [-0.2, 0) is 19.5 Å². The maximum absolute atomic E-state index is 15.6. The Kier molecular flexibility index (Phi) is 10.3. The van der Waals surface area contributed by atoms with E-state index >= 15 is 4.39 Å². The van der Waals surface area contributed by atoms with Gasteiger partial charge in [-0.1, -0.05) is 29.8 Å². The molecule has 1 aliphatic heterocycles. The number of thiazole rings is 1. The molecular weight excluding hydrogens is 664 g/mol. The van der Waals surface area contributed by atoms with Gasteiger partial charge in [-0.15, -0.1) is 15.6 Å². The van der Waals surface area contributed by atoms with E-state index in [-0.39, 0.29) is 34.0 Å². The standard InChI is InChI=1S/C31H34ClF2N3O7S2/c1-30(2,3)43-28(38)36-13-7-8-21(19-9-11-20(33)12-10-19)24(36)16-42-25-15-23(34)26(14-22(25)32)46(40,41)37(27-17-45-18-35-27)29(39)44-31(4,5)6/h8-12,14-15,17-18,24H,7,13,16H2,1-6H3/t24-/m1/s1. The molecule has 0 saturated carbocycles.